The van der Waals surface area contributed by atoms with Gasteiger partial charge in [0, 0.05) is 17.3 Å². The smallest absolute Gasteiger partial charge is 0.338 e. The molecule has 25 heavy (non-hydrogen) atoms. The number of rotatable bonds is 8. The van der Waals surface area contributed by atoms with Gasteiger partial charge >= 0.3 is 17.9 Å². The van der Waals surface area contributed by atoms with Gasteiger partial charge in [-0.1, -0.05) is 0 Å². The molecule has 0 radical (unpaired) electrons. The van der Waals surface area contributed by atoms with Gasteiger partial charge in [0.1, 0.15) is 18.8 Å². The number of carbonyl (C=O) groups is 3. The lowest BCUT2D eigenvalue weighted by atomic mass is 10.1. The molecule has 3 N–H and O–H groups in total. The molecule has 0 aliphatic heterocycles. The van der Waals surface area contributed by atoms with E-state index in [1.807, 2.05) is 0 Å². The third-order valence-electron chi connectivity index (χ3n) is 2.89. The van der Waals surface area contributed by atoms with Gasteiger partial charge in [-0.3, -0.25) is 9.59 Å². The van der Waals surface area contributed by atoms with Gasteiger partial charge in [0.05, 0.1) is 5.56 Å². The number of aromatic nitrogens is 1. The number of benzene rings is 1. The predicted octanol–water partition coefficient (Wildman–Crippen LogP) is 2.23. The number of carboxylic acids is 3. The van der Waals surface area contributed by atoms with Crippen molar-refractivity contribution in [1.29, 1.82) is 0 Å². The summed E-state index contributed by atoms with van der Waals surface area (Å²) >= 11 is 1.22. The molecule has 0 aliphatic rings. The van der Waals surface area contributed by atoms with Gasteiger partial charge in [0.25, 0.3) is 0 Å². The van der Waals surface area contributed by atoms with E-state index >= 15 is 0 Å². The Balaban J connectivity index is 2.37. The lowest BCUT2D eigenvalue weighted by molar-refractivity contribution is -0.136. The Morgan fingerprint density at radius 2 is 1.76 bits per heavy atom. The van der Waals surface area contributed by atoms with Crippen molar-refractivity contribution in [3.8, 4) is 0 Å². The van der Waals surface area contributed by atoms with Crippen molar-refractivity contribution in [3.05, 3.63) is 35.3 Å². The standard InChI is InChI=1S/C14H12N4O6S/c19-11(20)6-18(7-12(21)22)8-1-2-10(9(5-8)13(23)24)16-17-14-15-3-4-25-14/h1-5H,6-7H2,(H,19,20)(H,21,22)(H,23,24). The van der Waals surface area contributed by atoms with Gasteiger partial charge in [-0.2, -0.15) is 0 Å². The fraction of sp³-hybridized carbons (Fsp3) is 0.143. The van der Waals surface area contributed by atoms with Crippen LogP contribution < -0.4 is 4.90 Å². The maximum absolute atomic E-state index is 11.4. The first kappa shape index (κ1) is 18.0. The molecule has 2 rings (SSSR count). The van der Waals surface area contributed by atoms with Crippen LogP contribution in [0.4, 0.5) is 16.5 Å². The van der Waals surface area contributed by atoms with Crippen molar-refractivity contribution in [2.75, 3.05) is 18.0 Å². The second kappa shape index (κ2) is 7.97. The molecule has 0 atom stereocenters. The van der Waals surface area contributed by atoms with E-state index in [1.54, 1.807) is 5.38 Å². The lowest BCUT2D eigenvalue weighted by Gasteiger charge is -2.21. The first-order chi connectivity index (χ1) is 11.9. The van der Waals surface area contributed by atoms with E-state index in [2.05, 4.69) is 15.2 Å². The Bertz CT molecular complexity index is 805. The minimum atomic E-state index is -1.31. The van der Waals surface area contributed by atoms with Gasteiger partial charge in [-0.25, -0.2) is 9.78 Å². The highest BCUT2D eigenvalue weighted by molar-refractivity contribution is 7.13. The molecular weight excluding hydrogens is 352 g/mol. The van der Waals surface area contributed by atoms with Crippen molar-refractivity contribution in [3.63, 3.8) is 0 Å². The summed E-state index contributed by atoms with van der Waals surface area (Å²) in [5.74, 6) is -3.79. The molecule has 10 nitrogen and oxygen atoms in total. The molecule has 11 heteroatoms. The summed E-state index contributed by atoms with van der Waals surface area (Å²) < 4.78 is 0. The van der Waals surface area contributed by atoms with Crippen LogP contribution >= 0.6 is 11.3 Å². The first-order valence-corrected chi connectivity index (χ1v) is 7.62. The van der Waals surface area contributed by atoms with Crippen LogP contribution in [0.1, 0.15) is 10.4 Å². The van der Waals surface area contributed by atoms with Gasteiger partial charge in [-0.05, 0) is 18.2 Å². The summed E-state index contributed by atoms with van der Waals surface area (Å²) in [5.41, 5.74) is -0.0639. The van der Waals surface area contributed by atoms with Crippen LogP contribution in [0.15, 0.2) is 40.0 Å². The fourth-order valence-corrected chi connectivity index (χ4v) is 2.36. The van der Waals surface area contributed by atoms with Gasteiger partial charge in [-0.15, -0.1) is 21.6 Å². The van der Waals surface area contributed by atoms with Gasteiger partial charge in [0.2, 0.25) is 5.13 Å². The highest BCUT2D eigenvalue weighted by atomic mass is 32.1. The highest BCUT2D eigenvalue weighted by Crippen LogP contribution is 2.28. The predicted molar refractivity (Wildman–Crippen MR) is 87.2 cm³/mol. The molecule has 0 fully saturated rings. The zero-order valence-electron chi connectivity index (χ0n) is 12.6. The largest absolute Gasteiger partial charge is 0.480 e. The van der Waals surface area contributed by atoms with E-state index in [9.17, 15) is 19.5 Å². The summed E-state index contributed by atoms with van der Waals surface area (Å²) in [5, 5.41) is 36.8. The van der Waals surface area contributed by atoms with Crippen molar-refractivity contribution in [2.24, 2.45) is 10.2 Å². The Morgan fingerprint density at radius 1 is 1.08 bits per heavy atom. The SMILES string of the molecule is O=C(O)CN(CC(=O)O)c1ccc(N=Nc2nccs2)c(C(=O)O)c1. The van der Waals surface area contributed by atoms with Gasteiger partial charge < -0.3 is 20.2 Å². The monoisotopic (exact) mass is 364 g/mol. The number of aromatic carboxylic acids is 1. The molecule has 0 saturated heterocycles. The number of azo groups is 1. The maximum atomic E-state index is 11.4. The molecule has 0 unspecified atom stereocenters. The molecule has 0 spiro atoms. The average Bonchev–Trinajstić information content (AvgIpc) is 3.04. The fourth-order valence-electron chi connectivity index (χ4n) is 1.91. The van der Waals surface area contributed by atoms with E-state index in [1.165, 1.54) is 29.7 Å². The van der Waals surface area contributed by atoms with Crippen LogP contribution in [-0.4, -0.2) is 51.3 Å². The number of hydrogen-bond acceptors (Lipinski definition) is 8. The Kier molecular flexibility index (Phi) is 5.74. The minimum absolute atomic E-state index is 0.0389. The molecular formula is C14H12N4O6S. The molecule has 1 aromatic heterocycles. The van der Waals surface area contributed by atoms with E-state index in [-0.39, 0.29) is 16.9 Å². The Hall–Kier alpha value is -3.34. The first-order valence-electron chi connectivity index (χ1n) is 6.74. The normalized spacial score (nSPS) is 10.7. The van der Waals surface area contributed by atoms with Crippen molar-refractivity contribution >= 4 is 45.8 Å². The second-order valence-electron chi connectivity index (χ2n) is 4.66. The van der Waals surface area contributed by atoms with Crippen LogP contribution in [-0.2, 0) is 9.59 Å². The number of aliphatic carboxylic acids is 2. The van der Waals surface area contributed by atoms with E-state index in [4.69, 9.17) is 10.2 Å². The van der Waals surface area contributed by atoms with E-state index < -0.39 is 31.0 Å². The van der Waals surface area contributed by atoms with Crippen LogP contribution in [0.25, 0.3) is 0 Å². The number of hydrogen-bond donors (Lipinski definition) is 3. The molecule has 2 aromatic rings. The van der Waals surface area contributed by atoms with Crippen molar-refractivity contribution in [1.82, 2.24) is 4.98 Å². The number of carboxylic acid groups (broad SMARTS) is 3. The number of nitrogens with zero attached hydrogens (tertiary/aromatic N) is 4. The molecule has 130 valence electrons. The van der Waals surface area contributed by atoms with Crippen LogP contribution in [0.5, 0.6) is 0 Å². The van der Waals surface area contributed by atoms with Crippen LogP contribution in [0, 0.1) is 0 Å². The topological polar surface area (TPSA) is 153 Å². The minimum Gasteiger partial charge on any atom is -0.480 e. The third kappa shape index (κ3) is 5.07. The lowest BCUT2D eigenvalue weighted by Crippen LogP contribution is -2.34. The zero-order chi connectivity index (χ0) is 18.4. The molecule has 0 amide bonds. The van der Waals surface area contributed by atoms with Gasteiger partial charge in [0.15, 0.2) is 0 Å². The highest BCUT2D eigenvalue weighted by Gasteiger charge is 2.18. The van der Waals surface area contributed by atoms with Crippen molar-refractivity contribution < 1.29 is 29.7 Å². The molecule has 1 heterocycles. The maximum Gasteiger partial charge on any atom is 0.338 e. The Morgan fingerprint density at radius 3 is 2.28 bits per heavy atom. The summed E-state index contributed by atoms with van der Waals surface area (Å²) in [7, 11) is 0. The number of anilines is 1. The third-order valence-corrected chi connectivity index (χ3v) is 3.55. The van der Waals surface area contributed by atoms with E-state index in [0.29, 0.717) is 5.13 Å². The van der Waals surface area contributed by atoms with Crippen LogP contribution in [0.3, 0.4) is 0 Å². The van der Waals surface area contributed by atoms with Crippen molar-refractivity contribution in [2.45, 2.75) is 0 Å². The van der Waals surface area contributed by atoms with Crippen LogP contribution in [0.2, 0.25) is 0 Å². The average molecular weight is 364 g/mol. The van der Waals surface area contributed by atoms with E-state index in [0.717, 1.165) is 11.0 Å². The summed E-state index contributed by atoms with van der Waals surface area (Å²) in [6.45, 7) is -1.18. The summed E-state index contributed by atoms with van der Waals surface area (Å²) in [6.07, 6.45) is 1.52. The summed E-state index contributed by atoms with van der Waals surface area (Å²) in [6, 6.07) is 3.87. The number of thiazole rings is 1. The molecule has 0 aliphatic carbocycles. The second-order valence-corrected chi connectivity index (χ2v) is 5.54. The molecule has 0 saturated carbocycles. The molecule has 0 bridgehead atoms. The molecule has 1 aromatic carbocycles. The quantitative estimate of drug-likeness (QED) is 0.603. The summed E-state index contributed by atoms with van der Waals surface area (Å²) in [4.78, 5) is 38.1. The zero-order valence-corrected chi connectivity index (χ0v) is 13.4. The Labute approximate surface area is 144 Å².